The number of carbonyl (C=O) groups excluding carboxylic acids is 2. The molecule has 1 amide bonds. The van der Waals surface area contributed by atoms with Crippen LogP contribution in [0.3, 0.4) is 0 Å². The second-order valence-electron chi connectivity index (χ2n) is 6.99. The van der Waals surface area contributed by atoms with Gasteiger partial charge in [-0.3, -0.25) is 4.79 Å². The highest BCUT2D eigenvalue weighted by Gasteiger charge is 2.21. The average Bonchev–Trinajstić information content (AvgIpc) is 3.05. The highest BCUT2D eigenvalue weighted by Crippen LogP contribution is 2.29. The highest BCUT2D eigenvalue weighted by molar-refractivity contribution is 7.98. The Kier molecular flexibility index (Phi) is 6.95. The van der Waals surface area contributed by atoms with Gasteiger partial charge in [0, 0.05) is 21.9 Å². The fourth-order valence-corrected chi connectivity index (χ4v) is 3.97. The fraction of sp³-hybridized carbons (Fsp3) is 0.261. The third-order valence-electron chi connectivity index (χ3n) is 4.63. The van der Waals surface area contributed by atoms with Gasteiger partial charge in [0.2, 0.25) is 0 Å². The molecule has 156 valence electrons. The molecule has 0 aliphatic rings. The van der Waals surface area contributed by atoms with E-state index in [1.807, 2.05) is 57.2 Å². The molecule has 0 spiro atoms. The quantitative estimate of drug-likeness (QED) is 0.421. The summed E-state index contributed by atoms with van der Waals surface area (Å²) in [7, 11) is 0. The van der Waals surface area contributed by atoms with Crippen LogP contribution in [0.2, 0.25) is 0 Å². The number of carbonyl (C=O) groups is 2. The van der Waals surface area contributed by atoms with Crippen LogP contribution >= 0.6 is 11.8 Å². The van der Waals surface area contributed by atoms with Crippen LogP contribution in [0.15, 0.2) is 57.9 Å². The molecule has 1 N–H and O–H groups in total. The number of ether oxygens (including phenoxy) is 1. The van der Waals surface area contributed by atoms with Crippen molar-refractivity contribution in [1.82, 2.24) is 5.16 Å². The van der Waals surface area contributed by atoms with E-state index in [0.29, 0.717) is 17.0 Å². The summed E-state index contributed by atoms with van der Waals surface area (Å²) in [6.45, 7) is 7.28. The highest BCUT2D eigenvalue weighted by atomic mass is 32.2. The molecular formula is C23H24N2O4S. The number of anilines is 1. The molecule has 1 heterocycles. The predicted molar refractivity (Wildman–Crippen MR) is 117 cm³/mol. The molecule has 1 aromatic heterocycles. The smallest absolute Gasteiger partial charge is 0.340 e. The molecule has 0 aliphatic heterocycles. The number of hydrogen-bond donors (Lipinski definition) is 1. The van der Waals surface area contributed by atoms with Crippen molar-refractivity contribution < 1.29 is 18.8 Å². The molecule has 0 saturated carbocycles. The van der Waals surface area contributed by atoms with Gasteiger partial charge in [0.15, 0.2) is 6.10 Å². The minimum atomic E-state index is -0.931. The van der Waals surface area contributed by atoms with Crippen LogP contribution in [0.25, 0.3) is 0 Å². The zero-order valence-corrected chi connectivity index (χ0v) is 18.2. The Morgan fingerprint density at radius 3 is 2.47 bits per heavy atom. The van der Waals surface area contributed by atoms with E-state index in [1.54, 1.807) is 19.1 Å². The second kappa shape index (κ2) is 9.63. The maximum atomic E-state index is 12.7. The maximum Gasteiger partial charge on any atom is 0.340 e. The number of esters is 1. The summed E-state index contributed by atoms with van der Waals surface area (Å²) in [5.41, 5.74) is 4.02. The number of thioether (sulfide) groups is 1. The Balaban J connectivity index is 1.64. The van der Waals surface area contributed by atoms with Crippen molar-refractivity contribution >= 4 is 29.3 Å². The van der Waals surface area contributed by atoms with Crippen molar-refractivity contribution in [3.05, 3.63) is 76.7 Å². The van der Waals surface area contributed by atoms with Crippen molar-refractivity contribution in [3.8, 4) is 0 Å². The molecule has 3 aromatic rings. The standard InChI is InChI=1S/C23H24N2O4S/c1-14-9-11-18(12-10-14)24-22(26)17(4)28-23(27)19-7-5-6-8-21(19)30-13-20-15(2)25-29-16(20)3/h5-12,17H,13H2,1-4H3,(H,24,26). The monoisotopic (exact) mass is 424 g/mol. The third kappa shape index (κ3) is 5.30. The number of aryl methyl sites for hydroxylation is 3. The molecule has 1 atom stereocenters. The first kappa shape index (κ1) is 21.6. The largest absolute Gasteiger partial charge is 0.449 e. The van der Waals surface area contributed by atoms with Crippen LogP contribution in [0.1, 0.15) is 39.9 Å². The number of nitrogens with zero attached hydrogens (tertiary/aromatic N) is 1. The lowest BCUT2D eigenvalue weighted by Gasteiger charge is -2.15. The molecule has 7 heteroatoms. The number of rotatable bonds is 7. The zero-order chi connectivity index (χ0) is 21.7. The summed E-state index contributed by atoms with van der Waals surface area (Å²) in [5.74, 6) is 0.465. The Morgan fingerprint density at radius 2 is 1.80 bits per heavy atom. The Hall–Kier alpha value is -3.06. The number of hydrogen-bond acceptors (Lipinski definition) is 6. The van der Waals surface area contributed by atoms with Gasteiger partial charge in [-0.15, -0.1) is 11.8 Å². The van der Waals surface area contributed by atoms with Crippen molar-refractivity contribution in [1.29, 1.82) is 0 Å². The van der Waals surface area contributed by atoms with Crippen LogP contribution < -0.4 is 5.32 Å². The first-order valence-corrected chi connectivity index (χ1v) is 10.6. The second-order valence-corrected chi connectivity index (χ2v) is 8.01. The molecule has 0 radical (unpaired) electrons. The summed E-state index contributed by atoms with van der Waals surface area (Å²) in [5, 5.41) is 6.72. The Morgan fingerprint density at radius 1 is 1.10 bits per heavy atom. The van der Waals surface area contributed by atoms with E-state index in [1.165, 1.54) is 11.8 Å². The van der Waals surface area contributed by atoms with E-state index in [4.69, 9.17) is 9.26 Å². The zero-order valence-electron chi connectivity index (χ0n) is 17.4. The van der Waals surface area contributed by atoms with Gasteiger partial charge in [0.05, 0.1) is 11.3 Å². The third-order valence-corrected chi connectivity index (χ3v) is 5.73. The van der Waals surface area contributed by atoms with E-state index in [0.717, 1.165) is 27.5 Å². The normalized spacial score (nSPS) is 11.7. The number of benzene rings is 2. The number of aromatic nitrogens is 1. The summed E-state index contributed by atoms with van der Waals surface area (Å²) >= 11 is 1.50. The summed E-state index contributed by atoms with van der Waals surface area (Å²) in [4.78, 5) is 25.9. The van der Waals surface area contributed by atoms with E-state index in [-0.39, 0.29) is 5.91 Å². The van der Waals surface area contributed by atoms with Crippen molar-refractivity contribution in [3.63, 3.8) is 0 Å². The molecule has 0 saturated heterocycles. The Labute approximate surface area is 180 Å². The molecule has 6 nitrogen and oxygen atoms in total. The van der Waals surface area contributed by atoms with Gasteiger partial charge in [-0.2, -0.15) is 0 Å². The molecule has 0 aliphatic carbocycles. The van der Waals surface area contributed by atoms with Crippen LogP contribution in [-0.2, 0) is 15.3 Å². The minimum Gasteiger partial charge on any atom is -0.449 e. The molecule has 2 aromatic carbocycles. The van der Waals surface area contributed by atoms with Crippen LogP contribution in [0.5, 0.6) is 0 Å². The molecule has 30 heavy (non-hydrogen) atoms. The van der Waals surface area contributed by atoms with Crippen molar-refractivity contribution in [2.24, 2.45) is 0 Å². The summed E-state index contributed by atoms with van der Waals surface area (Å²) in [6.07, 6.45) is -0.931. The molecule has 0 fully saturated rings. The minimum absolute atomic E-state index is 0.381. The summed E-state index contributed by atoms with van der Waals surface area (Å²) in [6, 6.07) is 14.6. The number of nitrogens with one attached hydrogen (secondary N) is 1. The van der Waals surface area contributed by atoms with Gasteiger partial charge in [-0.25, -0.2) is 4.79 Å². The summed E-state index contributed by atoms with van der Waals surface area (Å²) < 4.78 is 10.6. The van der Waals surface area contributed by atoms with Gasteiger partial charge < -0.3 is 14.6 Å². The average molecular weight is 425 g/mol. The number of amides is 1. The van der Waals surface area contributed by atoms with E-state index in [2.05, 4.69) is 10.5 Å². The molecule has 1 unspecified atom stereocenters. The van der Waals surface area contributed by atoms with Gasteiger partial charge in [0.25, 0.3) is 5.91 Å². The van der Waals surface area contributed by atoms with Gasteiger partial charge >= 0.3 is 5.97 Å². The van der Waals surface area contributed by atoms with Crippen LogP contribution in [-0.4, -0.2) is 23.1 Å². The van der Waals surface area contributed by atoms with Gasteiger partial charge in [-0.1, -0.05) is 35.0 Å². The van der Waals surface area contributed by atoms with Gasteiger partial charge in [0.1, 0.15) is 5.76 Å². The lowest BCUT2D eigenvalue weighted by atomic mass is 10.2. The maximum absolute atomic E-state index is 12.7. The first-order chi connectivity index (χ1) is 14.3. The SMILES string of the molecule is Cc1ccc(NC(=O)C(C)OC(=O)c2ccccc2SCc2c(C)noc2C)cc1. The van der Waals surface area contributed by atoms with Crippen LogP contribution in [0.4, 0.5) is 5.69 Å². The first-order valence-electron chi connectivity index (χ1n) is 9.57. The molecule has 3 rings (SSSR count). The van der Waals surface area contributed by atoms with Gasteiger partial charge in [-0.05, 0) is 52.0 Å². The van der Waals surface area contributed by atoms with E-state index < -0.39 is 12.1 Å². The predicted octanol–water partition coefficient (Wildman–Crippen LogP) is 5.08. The molecular weight excluding hydrogens is 400 g/mol. The fourth-order valence-electron chi connectivity index (χ4n) is 2.78. The lowest BCUT2D eigenvalue weighted by Crippen LogP contribution is -2.30. The van der Waals surface area contributed by atoms with Crippen molar-refractivity contribution in [2.75, 3.05) is 5.32 Å². The lowest BCUT2D eigenvalue weighted by molar-refractivity contribution is -0.123. The topological polar surface area (TPSA) is 81.4 Å². The van der Waals surface area contributed by atoms with E-state index in [9.17, 15) is 9.59 Å². The molecule has 0 bridgehead atoms. The Bertz CT molecular complexity index is 1020. The van der Waals surface area contributed by atoms with E-state index >= 15 is 0 Å². The van der Waals surface area contributed by atoms with Crippen LogP contribution in [0, 0.1) is 20.8 Å². The van der Waals surface area contributed by atoms with Crippen molar-refractivity contribution in [2.45, 2.75) is 44.4 Å².